The number of aliphatic hydroxyl groups is 1. The molecule has 0 aromatic carbocycles. The van der Waals surface area contributed by atoms with Crippen molar-refractivity contribution in [2.45, 2.75) is 19.4 Å². The Hall–Kier alpha value is 0.0569. The van der Waals surface area contributed by atoms with Gasteiger partial charge < -0.3 is 18.4 Å². The van der Waals surface area contributed by atoms with Gasteiger partial charge in [-0.15, -0.1) is 0 Å². The van der Waals surface area contributed by atoms with Gasteiger partial charge >= 0.3 is 8.80 Å². The Morgan fingerprint density at radius 3 is 2.17 bits per heavy atom. The van der Waals surface area contributed by atoms with Crippen molar-refractivity contribution < 1.29 is 18.4 Å². The summed E-state index contributed by atoms with van der Waals surface area (Å²) in [6, 6.07) is 0.671. The van der Waals surface area contributed by atoms with Crippen molar-refractivity contribution in [3.05, 3.63) is 0 Å². The molecule has 0 heterocycles. The molecule has 0 rings (SSSR count). The van der Waals surface area contributed by atoms with E-state index >= 15 is 0 Å². The number of hydrogen-bond acceptors (Lipinski definition) is 4. The highest BCUT2D eigenvalue weighted by Gasteiger charge is 2.37. The lowest BCUT2D eigenvalue weighted by atomic mass is 10.5. The van der Waals surface area contributed by atoms with E-state index in [0.29, 0.717) is 19.1 Å². The minimum atomic E-state index is -2.42. The number of rotatable bonds is 7. The molecular formula is C7H18O4Si. The summed E-state index contributed by atoms with van der Waals surface area (Å²) in [5.74, 6) is 0. The summed E-state index contributed by atoms with van der Waals surface area (Å²) in [5.41, 5.74) is 0. The van der Waals surface area contributed by atoms with Crippen LogP contribution in [0.15, 0.2) is 0 Å². The highest BCUT2D eigenvalue weighted by Crippen LogP contribution is 2.15. The molecule has 12 heavy (non-hydrogen) atoms. The standard InChI is InChI=1S/C7H18O4Si/c1-4-11-12(9-2,10-3)7-5-6-8/h8H,4-7H2,1-3H3. The van der Waals surface area contributed by atoms with Crippen molar-refractivity contribution >= 4 is 8.80 Å². The van der Waals surface area contributed by atoms with Crippen molar-refractivity contribution in [1.82, 2.24) is 0 Å². The van der Waals surface area contributed by atoms with E-state index in [9.17, 15) is 0 Å². The Morgan fingerprint density at radius 1 is 1.25 bits per heavy atom. The third-order valence-corrected chi connectivity index (χ3v) is 4.57. The molecule has 74 valence electrons. The Labute approximate surface area is 74.8 Å². The Morgan fingerprint density at radius 2 is 1.83 bits per heavy atom. The molecular weight excluding hydrogens is 176 g/mol. The average molecular weight is 194 g/mol. The van der Waals surface area contributed by atoms with Gasteiger partial charge in [0.15, 0.2) is 0 Å². The Bertz CT molecular complexity index is 106. The van der Waals surface area contributed by atoms with Crippen LogP contribution in [0, 0.1) is 0 Å². The molecule has 0 bridgehead atoms. The smallest absolute Gasteiger partial charge is 0.396 e. The summed E-state index contributed by atoms with van der Waals surface area (Å²) in [4.78, 5) is 0. The van der Waals surface area contributed by atoms with Crippen LogP contribution in [0.1, 0.15) is 13.3 Å². The van der Waals surface area contributed by atoms with Crippen LogP contribution in [0.5, 0.6) is 0 Å². The van der Waals surface area contributed by atoms with Gasteiger partial charge in [0.25, 0.3) is 0 Å². The Balaban J connectivity index is 3.95. The summed E-state index contributed by atoms with van der Waals surface area (Å²) in [7, 11) is 0.748. The summed E-state index contributed by atoms with van der Waals surface area (Å²) >= 11 is 0. The fourth-order valence-corrected chi connectivity index (χ4v) is 2.98. The van der Waals surface area contributed by atoms with E-state index in [0.717, 1.165) is 0 Å². The Kier molecular flexibility index (Phi) is 6.59. The van der Waals surface area contributed by atoms with E-state index in [-0.39, 0.29) is 6.61 Å². The molecule has 0 spiro atoms. The molecule has 0 atom stereocenters. The van der Waals surface area contributed by atoms with E-state index in [1.54, 1.807) is 14.2 Å². The molecule has 0 aromatic rings. The van der Waals surface area contributed by atoms with Crippen LogP contribution < -0.4 is 0 Å². The number of hydrogen-bond donors (Lipinski definition) is 1. The molecule has 0 amide bonds. The van der Waals surface area contributed by atoms with Gasteiger partial charge in [0.1, 0.15) is 0 Å². The second-order valence-electron chi connectivity index (χ2n) is 2.35. The molecule has 0 saturated heterocycles. The largest absolute Gasteiger partial charge is 0.500 e. The maximum absolute atomic E-state index is 8.64. The van der Waals surface area contributed by atoms with Crippen LogP contribution in [-0.2, 0) is 13.3 Å². The first-order valence-corrected chi connectivity index (χ1v) is 6.03. The molecule has 1 N–H and O–H groups in total. The lowest BCUT2D eigenvalue weighted by Gasteiger charge is -2.25. The first-order chi connectivity index (χ1) is 5.74. The molecule has 0 unspecified atom stereocenters. The third kappa shape index (κ3) is 3.64. The second kappa shape index (κ2) is 6.56. The van der Waals surface area contributed by atoms with E-state index in [2.05, 4.69) is 0 Å². The quantitative estimate of drug-likeness (QED) is 0.604. The lowest BCUT2D eigenvalue weighted by Crippen LogP contribution is -2.43. The zero-order valence-electron chi connectivity index (χ0n) is 8.00. The van der Waals surface area contributed by atoms with Gasteiger partial charge in [-0.25, -0.2) is 0 Å². The van der Waals surface area contributed by atoms with Crippen molar-refractivity contribution in [2.24, 2.45) is 0 Å². The molecule has 4 nitrogen and oxygen atoms in total. The zero-order chi connectivity index (χ0) is 9.45. The SMILES string of the molecule is CCO[Si](CCCO)(OC)OC. The van der Waals surface area contributed by atoms with Gasteiger partial charge in [0.05, 0.1) is 0 Å². The van der Waals surface area contributed by atoms with E-state index < -0.39 is 8.80 Å². The summed E-state index contributed by atoms with van der Waals surface area (Å²) < 4.78 is 15.8. The molecule has 0 aliphatic carbocycles. The maximum Gasteiger partial charge on any atom is 0.500 e. The maximum atomic E-state index is 8.64. The van der Waals surface area contributed by atoms with Gasteiger partial charge in [-0.1, -0.05) is 0 Å². The van der Waals surface area contributed by atoms with E-state index in [1.165, 1.54) is 0 Å². The van der Waals surface area contributed by atoms with E-state index in [1.807, 2.05) is 6.92 Å². The first kappa shape index (κ1) is 12.1. The minimum absolute atomic E-state index is 0.147. The molecule has 0 saturated carbocycles. The van der Waals surface area contributed by atoms with Crippen LogP contribution in [0.25, 0.3) is 0 Å². The summed E-state index contributed by atoms with van der Waals surface area (Å²) in [5, 5.41) is 8.64. The summed E-state index contributed by atoms with van der Waals surface area (Å²) in [6.07, 6.45) is 0.661. The van der Waals surface area contributed by atoms with Gasteiger partial charge in [-0.05, 0) is 13.3 Å². The lowest BCUT2D eigenvalue weighted by molar-refractivity contribution is 0.101. The molecule has 5 heteroatoms. The van der Waals surface area contributed by atoms with Crippen LogP contribution in [0.2, 0.25) is 6.04 Å². The van der Waals surface area contributed by atoms with Crippen molar-refractivity contribution in [2.75, 3.05) is 27.4 Å². The summed E-state index contributed by atoms with van der Waals surface area (Å²) in [6.45, 7) is 2.63. The highest BCUT2D eigenvalue weighted by molar-refractivity contribution is 6.60. The fraction of sp³-hybridized carbons (Fsp3) is 1.00. The zero-order valence-corrected chi connectivity index (χ0v) is 9.00. The van der Waals surface area contributed by atoms with Gasteiger partial charge in [0.2, 0.25) is 0 Å². The van der Waals surface area contributed by atoms with Crippen LogP contribution in [-0.4, -0.2) is 41.3 Å². The molecule has 0 radical (unpaired) electrons. The van der Waals surface area contributed by atoms with Gasteiger partial charge in [-0.3, -0.25) is 0 Å². The predicted octanol–water partition coefficient (Wildman–Crippen LogP) is 0.637. The molecule has 0 aliphatic heterocycles. The second-order valence-corrected chi connectivity index (χ2v) is 5.32. The minimum Gasteiger partial charge on any atom is -0.396 e. The van der Waals surface area contributed by atoms with Crippen LogP contribution in [0.4, 0.5) is 0 Å². The molecule has 0 aliphatic rings. The van der Waals surface area contributed by atoms with Gasteiger partial charge in [0, 0.05) is 33.5 Å². The van der Waals surface area contributed by atoms with Crippen molar-refractivity contribution in [3.8, 4) is 0 Å². The highest BCUT2D eigenvalue weighted by atomic mass is 28.4. The molecule has 0 aromatic heterocycles. The monoisotopic (exact) mass is 194 g/mol. The number of aliphatic hydroxyl groups excluding tert-OH is 1. The topological polar surface area (TPSA) is 47.9 Å². The fourth-order valence-electron chi connectivity index (χ4n) is 0.993. The van der Waals surface area contributed by atoms with Crippen LogP contribution >= 0.6 is 0 Å². The van der Waals surface area contributed by atoms with Crippen molar-refractivity contribution in [1.29, 1.82) is 0 Å². The average Bonchev–Trinajstić information content (AvgIpc) is 2.13. The van der Waals surface area contributed by atoms with Gasteiger partial charge in [-0.2, -0.15) is 0 Å². The normalized spacial score (nSPS) is 12.0. The van der Waals surface area contributed by atoms with E-state index in [4.69, 9.17) is 18.4 Å². The first-order valence-electron chi connectivity index (χ1n) is 4.09. The predicted molar refractivity (Wildman–Crippen MR) is 47.9 cm³/mol. The van der Waals surface area contributed by atoms with Crippen molar-refractivity contribution in [3.63, 3.8) is 0 Å². The molecule has 0 fully saturated rings. The third-order valence-electron chi connectivity index (χ3n) is 1.63. The van der Waals surface area contributed by atoms with Crippen LogP contribution in [0.3, 0.4) is 0 Å².